The van der Waals surface area contributed by atoms with E-state index >= 15 is 0 Å². The number of rotatable bonds is 5. The predicted octanol–water partition coefficient (Wildman–Crippen LogP) is 3.44. The summed E-state index contributed by atoms with van der Waals surface area (Å²) < 4.78 is 0. The number of anilines is 2. The van der Waals surface area contributed by atoms with Crippen LogP contribution in [0.2, 0.25) is 0 Å². The molecule has 2 aromatic rings. The molecule has 1 heterocycles. The van der Waals surface area contributed by atoms with Crippen LogP contribution in [-0.2, 0) is 9.59 Å². The van der Waals surface area contributed by atoms with Crippen molar-refractivity contribution in [1.29, 1.82) is 0 Å². The molecule has 0 saturated carbocycles. The molecule has 0 radical (unpaired) electrons. The Balaban J connectivity index is 1.70. The van der Waals surface area contributed by atoms with Crippen molar-refractivity contribution in [1.82, 2.24) is 4.90 Å². The molecule has 0 aromatic heterocycles. The summed E-state index contributed by atoms with van der Waals surface area (Å²) in [5.41, 5.74) is 2.60. The SMILES string of the molecule is Cc1c(NC(=O)c2ccccc2)cccc1NC(=O)C1CC(=O)N(C(C)C)C1. The first-order valence-electron chi connectivity index (χ1n) is 9.43. The summed E-state index contributed by atoms with van der Waals surface area (Å²) in [4.78, 5) is 38.9. The molecule has 3 rings (SSSR count). The Kier molecular flexibility index (Phi) is 5.78. The molecule has 146 valence electrons. The smallest absolute Gasteiger partial charge is 0.255 e. The van der Waals surface area contributed by atoms with Gasteiger partial charge in [0.15, 0.2) is 0 Å². The van der Waals surface area contributed by atoms with Crippen LogP contribution in [0.3, 0.4) is 0 Å². The first kappa shape index (κ1) is 19.6. The minimum absolute atomic E-state index is 0.00995. The number of benzene rings is 2. The number of hydrogen-bond acceptors (Lipinski definition) is 3. The number of nitrogens with zero attached hydrogens (tertiary/aromatic N) is 1. The standard InChI is InChI=1S/C22H25N3O3/c1-14(2)25-13-17(12-20(25)26)22(28)24-19-11-7-10-18(15(19)3)23-21(27)16-8-5-4-6-9-16/h4-11,14,17H,12-13H2,1-3H3,(H,23,27)(H,24,28). The van der Waals surface area contributed by atoms with Crippen LogP contribution in [-0.4, -0.2) is 35.2 Å². The van der Waals surface area contributed by atoms with Gasteiger partial charge in [-0.15, -0.1) is 0 Å². The average molecular weight is 379 g/mol. The fourth-order valence-electron chi connectivity index (χ4n) is 3.33. The molecule has 0 aliphatic carbocycles. The van der Waals surface area contributed by atoms with Crippen molar-refractivity contribution in [3.05, 3.63) is 59.7 Å². The quantitative estimate of drug-likeness (QED) is 0.835. The van der Waals surface area contributed by atoms with E-state index in [0.717, 1.165) is 5.56 Å². The number of nitrogens with one attached hydrogen (secondary N) is 2. The lowest BCUT2D eigenvalue weighted by atomic mass is 10.1. The second-order valence-electron chi connectivity index (χ2n) is 7.33. The van der Waals surface area contributed by atoms with Crippen molar-refractivity contribution in [2.75, 3.05) is 17.2 Å². The van der Waals surface area contributed by atoms with E-state index in [4.69, 9.17) is 0 Å². The van der Waals surface area contributed by atoms with Crippen molar-refractivity contribution >= 4 is 29.1 Å². The minimum Gasteiger partial charge on any atom is -0.339 e. The summed E-state index contributed by atoms with van der Waals surface area (Å²) in [6, 6.07) is 14.4. The van der Waals surface area contributed by atoms with Crippen molar-refractivity contribution in [3.63, 3.8) is 0 Å². The molecule has 0 spiro atoms. The molecule has 1 atom stereocenters. The van der Waals surface area contributed by atoms with Gasteiger partial charge in [0, 0.05) is 35.9 Å². The van der Waals surface area contributed by atoms with Gasteiger partial charge in [-0.3, -0.25) is 14.4 Å². The van der Waals surface area contributed by atoms with Gasteiger partial charge < -0.3 is 15.5 Å². The van der Waals surface area contributed by atoms with Crippen molar-refractivity contribution in [2.24, 2.45) is 5.92 Å². The van der Waals surface area contributed by atoms with Crippen LogP contribution in [0.5, 0.6) is 0 Å². The lowest BCUT2D eigenvalue weighted by Gasteiger charge is -2.21. The van der Waals surface area contributed by atoms with Crippen LogP contribution in [0, 0.1) is 12.8 Å². The summed E-state index contributed by atoms with van der Waals surface area (Å²) in [5, 5.41) is 5.80. The van der Waals surface area contributed by atoms with E-state index in [1.165, 1.54) is 0 Å². The van der Waals surface area contributed by atoms with E-state index in [2.05, 4.69) is 10.6 Å². The molecule has 3 amide bonds. The zero-order chi connectivity index (χ0) is 20.3. The van der Waals surface area contributed by atoms with Gasteiger partial charge in [-0.2, -0.15) is 0 Å². The largest absolute Gasteiger partial charge is 0.339 e. The van der Waals surface area contributed by atoms with Gasteiger partial charge in [-0.25, -0.2) is 0 Å². The molecule has 1 unspecified atom stereocenters. The van der Waals surface area contributed by atoms with Gasteiger partial charge in [0.25, 0.3) is 5.91 Å². The van der Waals surface area contributed by atoms with Gasteiger partial charge in [-0.05, 0) is 50.6 Å². The van der Waals surface area contributed by atoms with Crippen LogP contribution >= 0.6 is 0 Å². The van der Waals surface area contributed by atoms with Crippen molar-refractivity contribution in [3.8, 4) is 0 Å². The monoisotopic (exact) mass is 379 g/mol. The highest BCUT2D eigenvalue weighted by molar-refractivity contribution is 6.05. The summed E-state index contributed by atoms with van der Waals surface area (Å²) in [7, 11) is 0. The minimum atomic E-state index is -0.364. The third-order valence-corrected chi connectivity index (χ3v) is 5.03. The Labute approximate surface area is 164 Å². The lowest BCUT2D eigenvalue weighted by molar-refractivity contribution is -0.129. The van der Waals surface area contributed by atoms with Gasteiger partial charge in [0.2, 0.25) is 11.8 Å². The van der Waals surface area contributed by atoms with Crippen LogP contribution in [0.4, 0.5) is 11.4 Å². The van der Waals surface area contributed by atoms with Crippen LogP contribution < -0.4 is 10.6 Å². The van der Waals surface area contributed by atoms with E-state index in [9.17, 15) is 14.4 Å². The zero-order valence-electron chi connectivity index (χ0n) is 16.4. The van der Waals surface area contributed by atoms with E-state index in [0.29, 0.717) is 23.5 Å². The van der Waals surface area contributed by atoms with Gasteiger partial charge in [0.05, 0.1) is 5.92 Å². The highest BCUT2D eigenvalue weighted by atomic mass is 16.2. The Morgan fingerprint density at radius 2 is 1.64 bits per heavy atom. The lowest BCUT2D eigenvalue weighted by Crippen LogP contribution is -2.33. The number of carbonyl (C=O) groups is 3. The van der Waals surface area contributed by atoms with Crippen molar-refractivity contribution < 1.29 is 14.4 Å². The number of hydrogen-bond donors (Lipinski definition) is 2. The Bertz CT molecular complexity index is 893. The van der Waals surface area contributed by atoms with E-state index in [1.807, 2.05) is 39.0 Å². The summed E-state index contributed by atoms with van der Waals surface area (Å²) in [6.07, 6.45) is 0.230. The predicted molar refractivity (Wildman–Crippen MR) is 109 cm³/mol. The summed E-state index contributed by atoms with van der Waals surface area (Å²) in [6.45, 7) is 6.17. The third kappa shape index (κ3) is 4.22. The molecule has 2 N–H and O–H groups in total. The number of amides is 3. The highest BCUT2D eigenvalue weighted by Gasteiger charge is 2.35. The van der Waals surface area contributed by atoms with Crippen LogP contribution in [0.1, 0.15) is 36.2 Å². The molecule has 1 saturated heterocycles. The second kappa shape index (κ2) is 8.25. The summed E-state index contributed by atoms with van der Waals surface area (Å²) in [5.74, 6) is -0.736. The zero-order valence-corrected chi connectivity index (χ0v) is 16.4. The first-order valence-corrected chi connectivity index (χ1v) is 9.43. The van der Waals surface area contributed by atoms with Crippen LogP contribution in [0.15, 0.2) is 48.5 Å². The van der Waals surface area contributed by atoms with Crippen LogP contribution in [0.25, 0.3) is 0 Å². The molecule has 0 bridgehead atoms. The molecule has 6 nitrogen and oxygen atoms in total. The maximum atomic E-state index is 12.7. The van der Waals surface area contributed by atoms with E-state index in [-0.39, 0.29) is 36.1 Å². The Morgan fingerprint density at radius 1 is 1.00 bits per heavy atom. The normalized spacial score (nSPS) is 16.4. The first-order chi connectivity index (χ1) is 13.4. The Morgan fingerprint density at radius 3 is 2.25 bits per heavy atom. The molecule has 2 aromatic carbocycles. The molecular formula is C22H25N3O3. The molecule has 1 aliphatic rings. The van der Waals surface area contributed by atoms with Gasteiger partial charge in [0.1, 0.15) is 0 Å². The van der Waals surface area contributed by atoms with Crippen molar-refractivity contribution in [2.45, 2.75) is 33.2 Å². The number of likely N-dealkylation sites (tertiary alicyclic amines) is 1. The second-order valence-corrected chi connectivity index (χ2v) is 7.33. The third-order valence-electron chi connectivity index (χ3n) is 5.03. The van der Waals surface area contributed by atoms with Gasteiger partial charge >= 0.3 is 0 Å². The fraction of sp³-hybridized carbons (Fsp3) is 0.318. The molecule has 1 aliphatic heterocycles. The van der Waals surface area contributed by atoms with E-state index < -0.39 is 0 Å². The maximum Gasteiger partial charge on any atom is 0.255 e. The molecule has 28 heavy (non-hydrogen) atoms. The Hall–Kier alpha value is -3.15. The maximum absolute atomic E-state index is 12.7. The summed E-state index contributed by atoms with van der Waals surface area (Å²) >= 11 is 0. The number of carbonyl (C=O) groups excluding carboxylic acids is 3. The highest BCUT2D eigenvalue weighted by Crippen LogP contribution is 2.26. The fourth-order valence-corrected chi connectivity index (χ4v) is 3.33. The molecule has 6 heteroatoms. The van der Waals surface area contributed by atoms with Gasteiger partial charge in [-0.1, -0.05) is 24.3 Å². The molecular weight excluding hydrogens is 354 g/mol. The van der Waals surface area contributed by atoms with E-state index in [1.54, 1.807) is 35.2 Å². The topological polar surface area (TPSA) is 78.5 Å². The average Bonchev–Trinajstić information content (AvgIpc) is 3.08. The molecule has 1 fully saturated rings.